The molecule has 1 aromatic carbocycles. The van der Waals surface area contributed by atoms with Crippen molar-refractivity contribution in [3.63, 3.8) is 0 Å². The lowest BCUT2D eigenvalue weighted by Crippen LogP contribution is -1.84. The Balaban J connectivity index is 2.89. The van der Waals surface area contributed by atoms with Crippen LogP contribution in [0, 0.1) is 0 Å². The third-order valence-corrected chi connectivity index (χ3v) is 2.55. The molecule has 0 bridgehead atoms. The molecule has 0 heteroatoms. The molecule has 0 nitrogen and oxygen atoms in total. The van der Waals surface area contributed by atoms with E-state index in [0.717, 1.165) is 12.8 Å². The summed E-state index contributed by atoms with van der Waals surface area (Å²) in [5.74, 6) is 0. The first kappa shape index (κ1) is 10.8. The van der Waals surface area contributed by atoms with Crippen LogP contribution in [0.2, 0.25) is 0 Å². The fraction of sp³-hybridized carbons (Fsp3) is 0.286. The van der Waals surface area contributed by atoms with E-state index in [1.807, 2.05) is 0 Å². The number of hydrogen-bond donors (Lipinski definition) is 0. The van der Waals surface area contributed by atoms with Crippen LogP contribution in [0.5, 0.6) is 0 Å². The summed E-state index contributed by atoms with van der Waals surface area (Å²) in [5, 5.41) is 0. The molecule has 0 amide bonds. The zero-order chi connectivity index (χ0) is 10.6. The summed E-state index contributed by atoms with van der Waals surface area (Å²) in [6.45, 7) is 12.3. The largest absolute Gasteiger partial charge is 0.0952 e. The maximum absolute atomic E-state index is 4.02. The van der Waals surface area contributed by atoms with Gasteiger partial charge in [0.25, 0.3) is 0 Å². The standard InChI is InChI=1S/C14H18/c1-5-11(3)13-7-9-14(10-8-13)12(4)6-2/h7-10H,3-6H2,1-2H3. The summed E-state index contributed by atoms with van der Waals surface area (Å²) in [4.78, 5) is 0. The van der Waals surface area contributed by atoms with Crippen LogP contribution >= 0.6 is 0 Å². The van der Waals surface area contributed by atoms with E-state index in [-0.39, 0.29) is 0 Å². The molecule has 0 unspecified atom stereocenters. The van der Waals surface area contributed by atoms with Crippen LogP contribution in [0.15, 0.2) is 37.4 Å². The zero-order valence-corrected chi connectivity index (χ0v) is 9.14. The van der Waals surface area contributed by atoms with Gasteiger partial charge in [-0.2, -0.15) is 0 Å². The Morgan fingerprint density at radius 3 is 1.36 bits per heavy atom. The lowest BCUT2D eigenvalue weighted by molar-refractivity contribution is 1.23. The van der Waals surface area contributed by atoms with Gasteiger partial charge in [0.1, 0.15) is 0 Å². The average molecular weight is 186 g/mol. The van der Waals surface area contributed by atoms with Crippen LogP contribution in [0.25, 0.3) is 11.1 Å². The first-order valence-electron chi connectivity index (χ1n) is 5.15. The Bertz CT molecular complexity index is 293. The molecule has 0 radical (unpaired) electrons. The Morgan fingerprint density at radius 2 is 1.14 bits per heavy atom. The van der Waals surface area contributed by atoms with Crippen molar-refractivity contribution in [3.05, 3.63) is 48.6 Å². The molecule has 0 saturated carbocycles. The van der Waals surface area contributed by atoms with Gasteiger partial charge in [-0.1, -0.05) is 51.3 Å². The second kappa shape index (κ2) is 4.80. The highest BCUT2D eigenvalue weighted by atomic mass is 14.0. The van der Waals surface area contributed by atoms with Gasteiger partial charge in [0.05, 0.1) is 0 Å². The van der Waals surface area contributed by atoms with Gasteiger partial charge in [0, 0.05) is 0 Å². The molecular formula is C14H18. The molecule has 0 aromatic heterocycles. The van der Waals surface area contributed by atoms with Crippen molar-refractivity contribution in [1.82, 2.24) is 0 Å². The SMILES string of the molecule is C=C(CC)c1ccc(C(=C)CC)cc1. The second-order valence-corrected chi connectivity index (χ2v) is 3.49. The minimum absolute atomic E-state index is 1.01. The van der Waals surface area contributed by atoms with Crippen molar-refractivity contribution < 1.29 is 0 Å². The molecule has 0 atom stereocenters. The van der Waals surface area contributed by atoms with Gasteiger partial charge in [0.15, 0.2) is 0 Å². The molecule has 0 spiro atoms. The third kappa shape index (κ3) is 2.35. The fourth-order valence-corrected chi connectivity index (χ4v) is 1.35. The van der Waals surface area contributed by atoms with Gasteiger partial charge in [-0.25, -0.2) is 0 Å². The molecule has 0 aliphatic heterocycles. The van der Waals surface area contributed by atoms with Crippen LogP contribution < -0.4 is 0 Å². The van der Waals surface area contributed by atoms with E-state index in [9.17, 15) is 0 Å². The third-order valence-electron chi connectivity index (χ3n) is 2.55. The molecule has 0 N–H and O–H groups in total. The average Bonchev–Trinajstić information content (AvgIpc) is 2.27. The number of rotatable bonds is 4. The quantitative estimate of drug-likeness (QED) is 0.648. The second-order valence-electron chi connectivity index (χ2n) is 3.49. The van der Waals surface area contributed by atoms with E-state index in [4.69, 9.17) is 0 Å². The Morgan fingerprint density at radius 1 is 0.857 bits per heavy atom. The number of allylic oxidation sites excluding steroid dienone is 2. The van der Waals surface area contributed by atoms with Crippen molar-refractivity contribution in [1.29, 1.82) is 0 Å². The lowest BCUT2D eigenvalue weighted by atomic mass is 10.00. The molecule has 14 heavy (non-hydrogen) atoms. The summed E-state index contributed by atoms with van der Waals surface area (Å²) in [7, 11) is 0. The predicted octanol–water partition coefficient (Wildman–Crippen LogP) is 4.53. The fourth-order valence-electron chi connectivity index (χ4n) is 1.35. The van der Waals surface area contributed by atoms with E-state index in [2.05, 4.69) is 51.3 Å². The maximum atomic E-state index is 4.02. The summed E-state index contributed by atoms with van der Waals surface area (Å²) < 4.78 is 0. The minimum atomic E-state index is 1.01. The van der Waals surface area contributed by atoms with Crippen LogP contribution in [0.3, 0.4) is 0 Å². The van der Waals surface area contributed by atoms with Crippen LogP contribution in [0.1, 0.15) is 37.8 Å². The number of hydrogen-bond acceptors (Lipinski definition) is 0. The van der Waals surface area contributed by atoms with Gasteiger partial charge in [0.2, 0.25) is 0 Å². The van der Waals surface area contributed by atoms with E-state index in [1.54, 1.807) is 0 Å². The highest BCUT2D eigenvalue weighted by molar-refractivity contribution is 5.68. The van der Waals surface area contributed by atoms with Crippen LogP contribution in [0.4, 0.5) is 0 Å². The molecule has 74 valence electrons. The van der Waals surface area contributed by atoms with E-state index < -0.39 is 0 Å². The molecule has 0 heterocycles. The van der Waals surface area contributed by atoms with Gasteiger partial charge in [-0.05, 0) is 35.1 Å². The Labute approximate surface area is 87.0 Å². The molecule has 0 saturated heterocycles. The van der Waals surface area contributed by atoms with Crippen molar-refractivity contribution >= 4 is 11.1 Å². The molecule has 1 aromatic rings. The van der Waals surface area contributed by atoms with Gasteiger partial charge in [-0.15, -0.1) is 0 Å². The molecule has 0 aliphatic carbocycles. The van der Waals surface area contributed by atoms with Crippen molar-refractivity contribution in [2.24, 2.45) is 0 Å². The smallest absolute Gasteiger partial charge is 0.0230 e. The van der Waals surface area contributed by atoms with E-state index in [0.29, 0.717) is 0 Å². The Hall–Kier alpha value is -1.30. The molecule has 0 fully saturated rings. The number of benzene rings is 1. The molecular weight excluding hydrogens is 168 g/mol. The van der Waals surface area contributed by atoms with Crippen LogP contribution in [-0.2, 0) is 0 Å². The van der Waals surface area contributed by atoms with Crippen LogP contribution in [-0.4, -0.2) is 0 Å². The van der Waals surface area contributed by atoms with Gasteiger partial charge >= 0.3 is 0 Å². The highest BCUT2D eigenvalue weighted by Crippen LogP contribution is 2.20. The first-order chi connectivity index (χ1) is 6.69. The summed E-state index contributed by atoms with van der Waals surface area (Å²) in [6.07, 6.45) is 2.02. The topological polar surface area (TPSA) is 0 Å². The van der Waals surface area contributed by atoms with Crippen molar-refractivity contribution in [2.45, 2.75) is 26.7 Å². The van der Waals surface area contributed by atoms with Gasteiger partial charge in [-0.3, -0.25) is 0 Å². The van der Waals surface area contributed by atoms with E-state index in [1.165, 1.54) is 22.3 Å². The van der Waals surface area contributed by atoms with Gasteiger partial charge < -0.3 is 0 Å². The minimum Gasteiger partial charge on any atom is -0.0952 e. The predicted molar refractivity (Wildman–Crippen MR) is 65.1 cm³/mol. The monoisotopic (exact) mass is 186 g/mol. The highest BCUT2D eigenvalue weighted by Gasteiger charge is 1.98. The first-order valence-corrected chi connectivity index (χ1v) is 5.15. The van der Waals surface area contributed by atoms with Crippen molar-refractivity contribution in [2.75, 3.05) is 0 Å². The van der Waals surface area contributed by atoms with Crippen molar-refractivity contribution in [3.8, 4) is 0 Å². The summed E-state index contributed by atoms with van der Waals surface area (Å²) in [6, 6.07) is 8.51. The zero-order valence-electron chi connectivity index (χ0n) is 9.14. The Kier molecular flexibility index (Phi) is 3.70. The molecule has 1 rings (SSSR count). The van der Waals surface area contributed by atoms with E-state index >= 15 is 0 Å². The normalized spacial score (nSPS) is 9.86. The summed E-state index contributed by atoms with van der Waals surface area (Å²) in [5.41, 5.74) is 4.86. The lowest BCUT2D eigenvalue weighted by Gasteiger charge is -2.06. The summed E-state index contributed by atoms with van der Waals surface area (Å²) >= 11 is 0. The molecule has 0 aliphatic rings. The maximum Gasteiger partial charge on any atom is -0.0230 e.